The summed E-state index contributed by atoms with van der Waals surface area (Å²) in [5.74, 6) is 0.179. The largest absolute Gasteiger partial charge is 0.487 e. The van der Waals surface area contributed by atoms with Crippen molar-refractivity contribution in [3.8, 4) is 5.75 Å². The minimum Gasteiger partial charge on any atom is -0.487 e. The molecular formula is C18H17FN4O3. The summed E-state index contributed by atoms with van der Waals surface area (Å²) in [4.78, 5) is 16.8. The number of carbonyl (C=O) groups is 1. The molecule has 0 spiro atoms. The van der Waals surface area contributed by atoms with Crippen molar-refractivity contribution in [3.05, 3.63) is 53.6 Å². The highest BCUT2D eigenvalue weighted by molar-refractivity contribution is 5.95. The first-order valence-electron chi connectivity index (χ1n) is 8.25. The van der Waals surface area contributed by atoms with Gasteiger partial charge >= 0.3 is 5.97 Å². The maximum atomic E-state index is 13.8. The summed E-state index contributed by atoms with van der Waals surface area (Å²) in [6.07, 6.45) is 2.71. The van der Waals surface area contributed by atoms with Crippen LogP contribution < -0.4 is 10.1 Å². The third-order valence-electron chi connectivity index (χ3n) is 4.17. The van der Waals surface area contributed by atoms with E-state index in [2.05, 4.69) is 15.4 Å². The number of ether oxygens (including phenoxy) is 2. The minimum atomic E-state index is -0.522. The molecule has 1 aliphatic rings. The molecule has 3 aromatic rings. The van der Waals surface area contributed by atoms with Gasteiger partial charge in [-0.1, -0.05) is 0 Å². The van der Waals surface area contributed by atoms with Crippen molar-refractivity contribution >= 4 is 17.4 Å². The van der Waals surface area contributed by atoms with Gasteiger partial charge in [0.05, 0.1) is 12.2 Å². The second kappa shape index (κ2) is 6.29. The molecule has 4 rings (SSSR count). The molecule has 0 saturated carbocycles. The molecule has 2 bridgehead atoms. The molecule has 0 fully saturated rings. The molecule has 134 valence electrons. The standard InChI is InChI=1S/C18H17FN4O3/c1-10-9-25-18(24)14-8-20-23-6-5-16(22-17(14)23)21-11(2)13-7-12(19)3-4-15(13)26-10/h3-8,10-11H,9H2,1-2H3,(H,21,22)/t10?,11-/m1/s1. The van der Waals surface area contributed by atoms with Crippen molar-refractivity contribution < 1.29 is 18.7 Å². The number of aromatic nitrogens is 3. The zero-order valence-corrected chi connectivity index (χ0v) is 14.3. The van der Waals surface area contributed by atoms with E-state index in [1.54, 1.807) is 25.3 Å². The highest BCUT2D eigenvalue weighted by atomic mass is 19.1. The Bertz CT molecular complexity index is 988. The number of esters is 1. The van der Waals surface area contributed by atoms with Crippen LogP contribution >= 0.6 is 0 Å². The first-order chi connectivity index (χ1) is 12.5. The van der Waals surface area contributed by atoms with Crippen LogP contribution in [-0.4, -0.2) is 33.3 Å². The Balaban J connectivity index is 1.82. The molecular weight excluding hydrogens is 339 g/mol. The van der Waals surface area contributed by atoms with Gasteiger partial charge in [-0.2, -0.15) is 5.10 Å². The maximum Gasteiger partial charge on any atom is 0.343 e. The van der Waals surface area contributed by atoms with E-state index in [-0.39, 0.29) is 24.0 Å². The number of nitrogens with zero attached hydrogens (tertiary/aromatic N) is 3. The minimum absolute atomic E-state index is 0.0501. The molecule has 0 aliphatic carbocycles. The van der Waals surface area contributed by atoms with Gasteiger partial charge in [0.1, 0.15) is 35.7 Å². The van der Waals surface area contributed by atoms with Crippen LogP contribution in [0.1, 0.15) is 35.8 Å². The molecule has 7 nitrogen and oxygen atoms in total. The van der Waals surface area contributed by atoms with Gasteiger partial charge in [-0.3, -0.25) is 0 Å². The van der Waals surface area contributed by atoms with E-state index in [4.69, 9.17) is 9.47 Å². The van der Waals surface area contributed by atoms with Gasteiger partial charge in [-0.05, 0) is 38.1 Å². The van der Waals surface area contributed by atoms with Crippen LogP contribution in [0.4, 0.5) is 10.2 Å². The lowest BCUT2D eigenvalue weighted by atomic mass is 10.1. The predicted octanol–water partition coefficient (Wildman–Crippen LogP) is 2.98. The predicted molar refractivity (Wildman–Crippen MR) is 91.8 cm³/mol. The maximum absolute atomic E-state index is 13.8. The van der Waals surface area contributed by atoms with Crippen molar-refractivity contribution in [2.45, 2.75) is 26.0 Å². The van der Waals surface area contributed by atoms with E-state index in [0.717, 1.165) is 0 Å². The van der Waals surface area contributed by atoms with Crippen LogP contribution in [0.5, 0.6) is 5.75 Å². The summed E-state index contributed by atoms with van der Waals surface area (Å²) >= 11 is 0. The number of anilines is 1. The Morgan fingerprint density at radius 2 is 2.15 bits per heavy atom. The lowest BCUT2D eigenvalue weighted by Gasteiger charge is -2.21. The Kier molecular flexibility index (Phi) is 3.95. The molecule has 0 radical (unpaired) electrons. The second-order valence-electron chi connectivity index (χ2n) is 6.21. The van der Waals surface area contributed by atoms with E-state index in [1.165, 1.54) is 22.8 Å². The molecule has 1 aliphatic heterocycles. The number of hydrogen-bond acceptors (Lipinski definition) is 6. The van der Waals surface area contributed by atoms with Crippen molar-refractivity contribution in [1.82, 2.24) is 14.6 Å². The molecule has 0 amide bonds. The van der Waals surface area contributed by atoms with Crippen LogP contribution in [-0.2, 0) is 4.74 Å². The van der Waals surface area contributed by atoms with Gasteiger partial charge in [0.15, 0.2) is 5.65 Å². The third-order valence-corrected chi connectivity index (χ3v) is 4.17. The average molecular weight is 356 g/mol. The van der Waals surface area contributed by atoms with E-state index >= 15 is 0 Å². The van der Waals surface area contributed by atoms with Gasteiger partial charge < -0.3 is 14.8 Å². The van der Waals surface area contributed by atoms with E-state index in [1.807, 2.05) is 6.92 Å². The topological polar surface area (TPSA) is 77.8 Å². The van der Waals surface area contributed by atoms with E-state index < -0.39 is 12.1 Å². The Morgan fingerprint density at radius 1 is 1.31 bits per heavy atom. The SMILES string of the molecule is CC1COC(=O)c2cnn3ccc(nc23)N[C@H](C)c2cc(F)ccc2O1. The number of hydrogen-bond donors (Lipinski definition) is 1. The van der Waals surface area contributed by atoms with Crippen LogP contribution in [0, 0.1) is 5.82 Å². The van der Waals surface area contributed by atoms with E-state index in [9.17, 15) is 9.18 Å². The Hall–Kier alpha value is -3.16. The van der Waals surface area contributed by atoms with Crippen LogP contribution in [0.2, 0.25) is 0 Å². The number of rotatable bonds is 0. The first-order valence-corrected chi connectivity index (χ1v) is 8.25. The fourth-order valence-corrected chi connectivity index (χ4v) is 2.88. The normalized spacial score (nSPS) is 20.2. The average Bonchev–Trinajstić information content (AvgIpc) is 3.03. The van der Waals surface area contributed by atoms with Crippen molar-refractivity contribution in [1.29, 1.82) is 0 Å². The number of cyclic esters (lactones) is 1. The highest BCUT2D eigenvalue weighted by Gasteiger charge is 2.21. The fraction of sp³-hybridized carbons (Fsp3) is 0.278. The summed E-state index contributed by atoms with van der Waals surface area (Å²) in [7, 11) is 0. The monoisotopic (exact) mass is 356 g/mol. The Morgan fingerprint density at radius 3 is 3.00 bits per heavy atom. The molecule has 1 unspecified atom stereocenters. The van der Waals surface area contributed by atoms with Gasteiger partial charge in [0.25, 0.3) is 0 Å². The molecule has 8 heteroatoms. The summed E-state index contributed by atoms with van der Waals surface area (Å²) < 4.78 is 26.5. The van der Waals surface area contributed by atoms with Gasteiger partial charge in [0.2, 0.25) is 0 Å². The molecule has 26 heavy (non-hydrogen) atoms. The highest BCUT2D eigenvalue weighted by Crippen LogP contribution is 2.29. The van der Waals surface area contributed by atoms with Crippen LogP contribution in [0.15, 0.2) is 36.7 Å². The fourth-order valence-electron chi connectivity index (χ4n) is 2.88. The first kappa shape index (κ1) is 16.3. The Labute approximate surface area is 148 Å². The van der Waals surface area contributed by atoms with Crippen molar-refractivity contribution in [3.63, 3.8) is 0 Å². The molecule has 2 atom stereocenters. The lowest BCUT2D eigenvalue weighted by Crippen LogP contribution is -2.22. The molecule has 2 aromatic heterocycles. The molecule has 1 aromatic carbocycles. The van der Waals surface area contributed by atoms with Crippen molar-refractivity contribution in [2.75, 3.05) is 11.9 Å². The molecule has 0 saturated heterocycles. The second-order valence-corrected chi connectivity index (χ2v) is 6.21. The summed E-state index contributed by atoms with van der Waals surface area (Å²) in [6, 6.07) is 5.80. The number of nitrogens with one attached hydrogen (secondary N) is 1. The summed E-state index contributed by atoms with van der Waals surface area (Å²) in [5, 5.41) is 7.33. The lowest BCUT2D eigenvalue weighted by molar-refractivity contribution is 0.0341. The smallest absolute Gasteiger partial charge is 0.343 e. The van der Waals surface area contributed by atoms with Gasteiger partial charge in [-0.15, -0.1) is 0 Å². The van der Waals surface area contributed by atoms with Crippen LogP contribution in [0.25, 0.3) is 5.65 Å². The number of benzene rings is 1. The van der Waals surface area contributed by atoms with Gasteiger partial charge in [-0.25, -0.2) is 18.7 Å². The number of carbonyl (C=O) groups excluding carboxylic acids is 1. The third kappa shape index (κ3) is 2.94. The van der Waals surface area contributed by atoms with E-state index in [0.29, 0.717) is 22.8 Å². The zero-order chi connectivity index (χ0) is 18.3. The quantitative estimate of drug-likeness (QED) is 0.624. The number of halogens is 1. The van der Waals surface area contributed by atoms with Crippen molar-refractivity contribution in [2.24, 2.45) is 0 Å². The summed E-state index contributed by atoms with van der Waals surface area (Å²) in [5.41, 5.74) is 1.31. The number of fused-ring (bicyclic) bond motifs is 2. The van der Waals surface area contributed by atoms with Crippen LogP contribution in [0.3, 0.4) is 0 Å². The molecule has 1 N–H and O–H groups in total. The zero-order valence-electron chi connectivity index (χ0n) is 14.3. The summed E-state index contributed by atoms with van der Waals surface area (Å²) in [6.45, 7) is 3.72. The molecule has 3 heterocycles. The van der Waals surface area contributed by atoms with Gasteiger partial charge in [0, 0.05) is 11.8 Å².